The second-order valence-electron chi connectivity index (χ2n) is 9.56. The van der Waals surface area contributed by atoms with E-state index in [2.05, 4.69) is 4.98 Å². The average Bonchev–Trinajstić information content (AvgIpc) is 3.37. The fourth-order valence-electron chi connectivity index (χ4n) is 6.53. The average molecular weight is 421 g/mol. The van der Waals surface area contributed by atoms with Gasteiger partial charge in [-0.25, -0.2) is 13.2 Å². The van der Waals surface area contributed by atoms with Gasteiger partial charge >= 0.3 is 5.97 Å². The van der Waals surface area contributed by atoms with Crippen LogP contribution in [-0.2, 0) is 19.6 Å². The summed E-state index contributed by atoms with van der Waals surface area (Å²) in [6.45, 7) is 0.790. The number of esters is 1. The third-order valence-corrected chi connectivity index (χ3v) is 9.42. The van der Waals surface area contributed by atoms with Gasteiger partial charge in [0.05, 0.1) is 0 Å². The molecule has 5 aliphatic rings. The number of aromatic nitrogens is 1. The van der Waals surface area contributed by atoms with Crippen molar-refractivity contribution >= 4 is 21.8 Å². The third-order valence-electron chi connectivity index (χ3n) is 7.54. The molecule has 0 unspecified atom stereocenters. The van der Waals surface area contributed by atoms with Crippen LogP contribution in [0.1, 0.15) is 61.9 Å². The molecule has 5 fully saturated rings. The maximum atomic E-state index is 13.0. The van der Waals surface area contributed by atoms with E-state index in [0.29, 0.717) is 30.8 Å². The van der Waals surface area contributed by atoms with Crippen molar-refractivity contribution in [3.05, 3.63) is 18.0 Å². The maximum Gasteiger partial charge on any atom is 0.355 e. The predicted octanol–water partition coefficient (Wildman–Crippen LogP) is 2.74. The van der Waals surface area contributed by atoms with Crippen LogP contribution in [0.5, 0.6) is 0 Å². The molecule has 0 spiro atoms. The molecular formula is C21H28N2O5S. The molecular weight excluding hydrogens is 392 g/mol. The molecule has 4 saturated carbocycles. The molecule has 2 heterocycles. The highest BCUT2D eigenvalue weighted by atomic mass is 32.2. The van der Waals surface area contributed by atoms with Gasteiger partial charge in [0, 0.05) is 24.7 Å². The van der Waals surface area contributed by atoms with Crippen LogP contribution in [0, 0.1) is 23.2 Å². The van der Waals surface area contributed by atoms with Gasteiger partial charge in [-0.3, -0.25) is 4.79 Å². The van der Waals surface area contributed by atoms with Crippen molar-refractivity contribution in [1.29, 1.82) is 0 Å². The number of nitrogens with zero attached hydrogens (tertiary/aromatic N) is 1. The van der Waals surface area contributed by atoms with Crippen molar-refractivity contribution in [3.8, 4) is 0 Å². The predicted molar refractivity (Wildman–Crippen MR) is 105 cm³/mol. The van der Waals surface area contributed by atoms with Crippen molar-refractivity contribution in [2.75, 3.05) is 19.7 Å². The molecule has 4 bridgehead atoms. The van der Waals surface area contributed by atoms with Gasteiger partial charge in [0.2, 0.25) is 10.0 Å². The van der Waals surface area contributed by atoms with Crippen LogP contribution in [0.4, 0.5) is 0 Å². The molecule has 1 aromatic rings. The minimum atomic E-state index is -3.59. The number of hydrogen-bond donors (Lipinski definition) is 1. The summed E-state index contributed by atoms with van der Waals surface area (Å²) in [5.41, 5.74) is -0.226. The van der Waals surface area contributed by atoms with Crippen molar-refractivity contribution < 1.29 is 22.7 Å². The molecule has 1 saturated heterocycles. The molecule has 7 nitrogen and oxygen atoms in total. The van der Waals surface area contributed by atoms with Gasteiger partial charge in [-0.2, -0.15) is 4.31 Å². The van der Waals surface area contributed by atoms with Crippen molar-refractivity contribution in [2.24, 2.45) is 23.2 Å². The second kappa shape index (κ2) is 6.94. The van der Waals surface area contributed by atoms with Crippen molar-refractivity contribution in [2.45, 2.75) is 56.3 Å². The second-order valence-corrected chi connectivity index (χ2v) is 11.5. The van der Waals surface area contributed by atoms with E-state index < -0.39 is 16.0 Å². The summed E-state index contributed by atoms with van der Waals surface area (Å²) < 4.78 is 31.9. The number of H-pyrrole nitrogens is 1. The molecule has 29 heavy (non-hydrogen) atoms. The lowest BCUT2D eigenvalue weighted by molar-refractivity contribution is -0.147. The quantitative estimate of drug-likeness (QED) is 0.714. The lowest BCUT2D eigenvalue weighted by Crippen LogP contribution is -2.51. The molecule has 0 aromatic carbocycles. The Morgan fingerprint density at radius 2 is 1.66 bits per heavy atom. The van der Waals surface area contributed by atoms with Gasteiger partial charge in [-0.05, 0) is 75.2 Å². The lowest BCUT2D eigenvalue weighted by atomic mass is 9.48. The Morgan fingerprint density at radius 1 is 1.07 bits per heavy atom. The molecule has 0 atom stereocenters. The first-order valence-corrected chi connectivity index (χ1v) is 12.2. The fraction of sp³-hybridized carbons (Fsp3) is 0.714. The summed E-state index contributed by atoms with van der Waals surface area (Å²) in [4.78, 5) is 28.2. The van der Waals surface area contributed by atoms with Crippen LogP contribution < -0.4 is 0 Å². The van der Waals surface area contributed by atoms with E-state index in [4.69, 9.17) is 4.74 Å². The van der Waals surface area contributed by atoms with Gasteiger partial charge in [-0.1, -0.05) is 0 Å². The van der Waals surface area contributed by atoms with Gasteiger partial charge < -0.3 is 9.72 Å². The molecule has 8 heteroatoms. The molecule has 0 amide bonds. The Morgan fingerprint density at radius 3 is 2.24 bits per heavy atom. The minimum absolute atomic E-state index is 0.0430. The highest BCUT2D eigenvalue weighted by Crippen LogP contribution is 2.60. The van der Waals surface area contributed by atoms with E-state index in [0.717, 1.165) is 32.1 Å². The Labute approximate surface area is 171 Å². The van der Waals surface area contributed by atoms with E-state index >= 15 is 0 Å². The van der Waals surface area contributed by atoms with Crippen LogP contribution in [0.25, 0.3) is 0 Å². The fourth-order valence-corrected chi connectivity index (χ4v) is 8.04. The van der Waals surface area contributed by atoms with Crippen molar-refractivity contribution in [1.82, 2.24) is 9.29 Å². The monoisotopic (exact) mass is 420 g/mol. The summed E-state index contributed by atoms with van der Waals surface area (Å²) >= 11 is 0. The Kier molecular flexibility index (Phi) is 4.62. The molecule has 1 aliphatic heterocycles. The SMILES string of the molecule is O=C(OCC(=O)C12CC3CC(CC(C3)C1)C2)c1cc(S(=O)(=O)N2CCCC2)c[nH]1. The third kappa shape index (κ3) is 3.34. The summed E-state index contributed by atoms with van der Waals surface area (Å²) in [5.74, 6) is 1.33. The highest BCUT2D eigenvalue weighted by Gasteiger charge is 2.54. The Hall–Kier alpha value is -1.67. The Bertz CT molecular complexity index is 893. The van der Waals surface area contributed by atoms with Crippen LogP contribution in [0.2, 0.25) is 0 Å². The zero-order valence-electron chi connectivity index (χ0n) is 16.6. The summed E-state index contributed by atoms with van der Waals surface area (Å²) in [7, 11) is -3.59. The first-order valence-electron chi connectivity index (χ1n) is 10.7. The van der Waals surface area contributed by atoms with E-state index in [-0.39, 0.29) is 28.4 Å². The first kappa shape index (κ1) is 19.3. The van der Waals surface area contributed by atoms with Gasteiger partial charge in [0.1, 0.15) is 10.6 Å². The Balaban J connectivity index is 1.23. The molecule has 0 radical (unpaired) electrons. The van der Waals surface area contributed by atoms with E-state index in [1.165, 1.54) is 35.8 Å². The van der Waals surface area contributed by atoms with Crippen LogP contribution in [0.15, 0.2) is 17.2 Å². The first-order chi connectivity index (χ1) is 13.9. The topological polar surface area (TPSA) is 96.5 Å². The summed E-state index contributed by atoms with van der Waals surface area (Å²) in [5, 5.41) is 0. The number of rotatable bonds is 6. The number of ether oxygens (including phenoxy) is 1. The lowest BCUT2D eigenvalue weighted by Gasteiger charge is -2.55. The zero-order valence-corrected chi connectivity index (χ0v) is 17.4. The summed E-state index contributed by atoms with van der Waals surface area (Å²) in [6.07, 6.45) is 9.61. The molecule has 1 N–H and O–H groups in total. The van der Waals surface area contributed by atoms with Crippen LogP contribution in [0.3, 0.4) is 0 Å². The number of aromatic amines is 1. The van der Waals surface area contributed by atoms with E-state index in [1.807, 2.05) is 0 Å². The molecule has 158 valence electrons. The van der Waals surface area contributed by atoms with Gasteiger partial charge in [0.15, 0.2) is 12.4 Å². The number of Topliss-reactive ketones (excluding diaryl/α,β-unsaturated/α-hetero) is 1. The zero-order chi connectivity index (χ0) is 20.2. The number of nitrogens with one attached hydrogen (secondary N) is 1. The van der Waals surface area contributed by atoms with Gasteiger partial charge in [0.25, 0.3) is 0 Å². The number of ketones is 1. The number of carbonyl (C=O) groups is 2. The smallest absolute Gasteiger partial charge is 0.355 e. The largest absolute Gasteiger partial charge is 0.453 e. The normalized spacial score (nSPS) is 33.9. The maximum absolute atomic E-state index is 13.0. The number of sulfonamides is 1. The minimum Gasteiger partial charge on any atom is -0.453 e. The molecule has 6 rings (SSSR count). The van der Waals surface area contributed by atoms with E-state index in [9.17, 15) is 18.0 Å². The molecule has 4 aliphatic carbocycles. The number of carbonyl (C=O) groups excluding carboxylic acids is 2. The van der Waals surface area contributed by atoms with E-state index in [1.54, 1.807) is 0 Å². The van der Waals surface area contributed by atoms with Gasteiger partial charge in [-0.15, -0.1) is 0 Å². The summed E-state index contributed by atoms with van der Waals surface area (Å²) in [6, 6.07) is 1.31. The molecule has 1 aromatic heterocycles. The van der Waals surface area contributed by atoms with Crippen molar-refractivity contribution in [3.63, 3.8) is 0 Å². The number of hydrogen-bond acceptors (Lipinski definition) is 5. The highest BCUT2D eigenvalue weighted by molar-refractivity contribution is 7.89. The van der Waals surface area contributed by atoms with Crippen LogP contribution in [-0.4, -0.2) is 49.2 Å². The van der Waals surface area contributed by atoms with Crippen LogP contribution >= 0.6 is 0 Å². The standard InChI is InChI=1S/C21H28N2O5S/c24-19(21-9-14-5-15(10-21)7-16(6-14)11-21)13-28-20(25)18-8-17(12-22-18)29(26,27)23-3-1-2-4-23/h8,12,14-16,22H,1-7,9-11,13H2.